The van der Waals surface area contributed by atoms with E-state index in [9.17, 15) is 14.3 Å². The van der Waals surface area contributed by atoms with Crippen LogP contribution in [0.2, 0.25) is 5.02 Å². The predicted octanol–water partition coefficient (Wildman–Crippen LogP) is 4.40. The van der Waals surface area contributed by atoms with Crippen LogP contribution in [0.1, 0.15) is 10.8 Å². The summed E-state index contributed by atoms with van der Waals surface area (Å²) in [5, 5.41) is 8.52. The van der Waals surface area contributed by atoms with Gasteiger partial charge in [-0.3, -0.25) is 4.79 Å². The van der Waals surface area contributed by atoms with Gasteiger partial charge in [-0.25, -0.2) is 4.39 Å². The van der Waals surface area contributed by atoms with E-state index in [2.05, 4.69) is 0 Å². The molecule has 0 amide bonds. The highest BCUT2D eigenvalue weighted by Gasteiger charge is 2.21. The number of halogens is 2. The predicted molar refractivity (Wildman–Crippen MR) is 74.1 cm³/mol. The third kappa shape index (κ3) is 3.49. The van der Waals surface area contributed by atoms with Crippen LogP contribution in [0.4, 0.5) is 4.39 Å². The fourth-order valence-electron chi connectivity index (χ4n) is 1.58. The van der Waals surface area contributed by atoms with Crippen molar-refractivity contribution in [2.75, 3.05) is 0 Å². The van der Waals surface area contributed by atoms with Gasteiger partial charge in [0, 0.05) is 4.90 Å². The Kier molecular flexibility index (Phi) is 4.45. The minimum absolute atomic E-state index is 0.0119. The van der Waals surface area contributed by atoms with E-state index >= 15 is 0 Å². The van der Waals surface area contributed by atoms with Crippen LogP contribution in [0.5, 0.6) is 0 Å². The molecule has 1 unspecified atom stereocenters. The van der Waals surface area contributed by atoms with E-state index in [0.29, 0.717) is 10.5 Å². The average Bonchev–Trinajstić information content (AvgIpc) is 2.40. The molecule has 0 aromatic heterocycles. The Morgan fingerprint density at radius 3 is 2.47 bits per heavy atom. The van der Waals surface area contributed by atoms with Crippen molar-refractivity contribution in [1.82, 2.24) is 0 Å². The standard InChI is InChI=1S/C14H10ClFO2S/c15-11-8-10(6-7-12(11)16)19-13(14(17)18)9-4-2-1-3-5-9/h1-8,13H,(H,17,18). The zero-order valence-corrected chi connectivity index (χ0v) is 11.3. The first-order chi connectivity index (χ1) is 9.08. The maximum Gasteiger partial charge on any atom is 0.321 e. The van der Waals surface area contributed by atoms with Gasteiger partial charge in [-0.2, -0.15) is 0 Å². The van der Waals surface area contributed by atoms with E-state index in [-0.39, 0.29) is 5.02 Å². The lowest BCUT2D eigenvalue weighted by molar-refractivity contribution is -0.136. The van der Waals surface area contributed by atoms with E-state index in [1.807, 2.05) is 6.07 Å². The van der Waals surface area contributed by atoms with Gasteiger partial charge in [-0.1, -0.05) is 41.9 Å². The Hall–Kier alpha value is -1.52. The molecule has 0 spiro atoms. The van der Waals surface area contributed by atoms with E-state index in [4.69, 9.17) is 11.6 Å². The number of hydrogen-bond donors (Lipinski definition) is 1. The van der Waals surface area contributed by atoms with Gasteiger partial charge < -0.3 is 5.11 Å². The van der Waals surface area contributed by atoms with Crippen molar-refractivity contribution in [2.45, 2.75) is 10.1 Å². The van der Waals surface area contributed by atoms with Crippen LogP contribution in [0.25, 0.3) is 0 Å². The van der Waals surface area contributed by atoms with E-state index < -0.39 is 17.0 Å². The zero-order valence-electron chi connectivity index (χ0n) is 9.72. The highest BCUT2D eigenvalue weighted by molar-refractivity contribution is 8.00. The number of thioether (sulfide) groups is 1. The second kappa shape index (κ2) is 6.08. The van der Waals surface area contributed by atoms with Gasteiger partial charge >= 0.3 is 5.97 Å². The Labute approximate surface area is 119 Å². The molecular weight excluding hydrogens is 287 g/mol. The molecule has 98 valence electrons. The second-order valence-electron chi connectivity index (χ2n) is 3.82. The van der Waals surface area contributed by atoms with Gasteiger partial charge in [-0.05, 0) is 23.8 Å². The average molecular weight is 297 g/mol. The molecule has 0 saturated carbocycles. The van der Waals surface area contributed by atoms with Gasteiger partial charge in [0.1, 0.15) is 11.1 Å². The molecule has 0 heterocycles. The maximum absolute atomic E-state index is 13.1. The van der Waals surface area contributed by atoms with E-state index in [0.717, 1.165) is 11.8 Å². The summed E-state index contributed by atoms with van der Waals surface area (Å²) in [6.45, 7) is 0. The number of hydrogen-bond acceptors (Lipinski definition) is 2. The van der Waals surface area contributed by atoms with Crippen molar-refractivity contribution < 1.29 is 14.3 Å². The number of aliphatic carboxylic acids is 1. The highest BCUT2D eigenvalue weighted by Crippen LogP contribution is 2.36. The minimum Gasteiger partial charge on any atom is -0.480 e. The molecule has 1 atom stereocenters. The molecule has 0 radical (unpaired) electrons. The Balaban J connectivity index is 2.27. The molecule has 2 aromatic rings. The summed E-state index contributed by atoms with van der Waals surface area (Å²) in [6, 6.07) is 13.1. The Bertz CT molecular complexity index is 589. The number of carboxylic acids is 1. The number of carboxylic acid groups (broad SMARTS) is 1. The summed E-state index contributed by atoms with van der Waals surface area (Å²) in [6.07, 6.45) is 0. The summed E-state index contributed by atoms with van der Waals surface area (Å²) >= 11 is 6.81. The number of carbonyl (C=O) groups is 1. The summed E-state index contributed by atoms with van der Waals surface area (Å²) in [5.74, 6) is -1.46. The molecule has 2 rings (SSSR count). The van der Waals surface area contributed by atoms with E-state index in [1.165, 1.54) is 18.2 Å². The van der Waals surface area contributed by atoms with E-state index in [1.54, 1.807) is 24.3 Å². The normalized spacial score (nSPS) is 12.1. The number of benzene rings is 2. The highest BCUT2D eigenvalue weighted by atomic mass is 35.5. The van der Waals surface area contributed by atoms with Crippen molar-refractivity contribution >= 4 is 29.3 Å². The third-order valence-corrected chi connectivity index (χ3v) is 4.00. The van der Waals surface area contributed by atoms with Crippen molar-refractivity contribution in [1.29, 1.82) is 0 Å². The maximum atomic E-state index is 13.1. The largest absolute Gasteiger partial charge is 0.480 e. The van der Waals surface area contributed by atoms with Crippen LogP contribution in [0.15, 0.2) is 53.4 Å². The first-order valence-corrected chi connectivity index (χ1v) is 6.73. The molecule has 0 saturated heterocycles. The van der Waals surface area contributed by atoms with Gasteiger partial charge in [-0.15, -0.1) is 11.8 Å². The molecule has 2 nitrogen and oxygen atoms in total. The summed E-state index contributed by atoms with van der Waals surface area (Å²) in [5.41, 5.74) is 0.681. The first-order valence-electron chi connectivity index (χ1n) is 5.47. The molecule has 19 heavy (non-hydrogen) atoms. The summed E-state index contributed by atoms with van der Waals surface area (Å²) in [4.78, 5) is 11.9. The molecule has 0 bridgehead atoms. The van der Waals surface area contributed by atoms with Crippen LogP contribution < -0.4 is 0 Å². The second-order valence-corrected chi connectivity index (χ2v) is 5.41. The van der Waals surface area contributed by atoms with Crippen LogP contribution in [0, 0.1) is 5.82 Å². The fourth-order valence-corrected chi connectivity index (χ4v) is 2.82. The molecule has 1 N–H and O–H groups in total. The molecular formula is C14H10ClFO2S. The molecule has 5 heteroatoms. The van der Waals surface area contributed by atoms with Gasteiger partial charge in [0.05, 0.1) is 5.02 Å². The Morgan fingerprint density at radius 1 is 1.21 bits per heavy atom. The van der Waals surface area contributed by atoms with Gasteiger partial charge in [0.25, 0.3) is 0 Å². The third-order valence-electron chi connectivity index (χ3n) is 2.47. The lowest BCUT2D eigenvalue weighted by atomic mass is 10.1. The Morgan fingerprint density at radius 2 is 1.89 bits per heavy atom. The molecule has 0 aliphatic rings. The van der Waals surface area contributed by atoms with Crippen molar-refractivity contribution in [2.24, 2.45) is 0 Å². The van der Waals surface area contributed by atoms with Gasteiger partial charge in [0.15, 0.2) is 0 Å². The fraction of sp³-hybridized carbons (Fsp3) is 0.0714. The molecule has 0 fully saturated rings. The van der Waals surface area contributed by atoms with Crippen molar-refractivity contribution in [3.05, 3.63) is 64.9 Å². The first kappa shape index (κ1) is 13.9. The van der Waals surface area contributed by atoms with Crippen molar-refractivity contribution in [3.63, 3.8) is 0 Å². The topological polar surface area (TPSA) is 37.3 Å². The smallest absolute Gasteiger partial charge is 0.321 e. The molecule has 0 aliphatic carbocycles. The van der Waals surface area contributed by atoms with Crippen LogP contribution in [-0.2, 0) is 4.79 Å². The summed E-state index contributed by atoms with van der Waals surface area (Å²) in [7, 11) is 0. The monoisotopic (exact) mass is 296 g/mol. The molecule has 2 aromatic carbocycles. The zero-order chi connectivity index (χ0) is 13.8. The SMILES string of the molecule is O=C(O)C(Sc1ccc(F)c(Cl)c1)c1ccccc1. The van der Waals surface area contributed by atoms with Crippen molar-refractivity contribution in [3.8, 4) is 0 Å². The summed E-state index contributed by atoms with van der Waals surface area (Å²) < 4.78 is 13.1. The van der Waals surface area contributed by atoms with Crippen LogP contribution in [-0.4, -0.2) is 11.1 Å². The van der Waals surface area contributed by atoms with Gasteiger partial charge in [0.2, 0.25) is 0 Å². The number of rotatable bonds is 4. The lowest BCUT2D eigenvalue weighted by Crippen LogP contribution is -2.07. The minimum atomic E-state index is -0.948. The van der Waals surface area contributed by atoms with Crippen LogP contribution in [0.3, 0.4) is 0 Å². The molecule has 0 aliphatic heterocycles. The lowest BCUT2D eigenvalue weighted by Gasteiger charge is -2.12. The quantitative estimate of drug-likeness (QED) is 0.850. The van der Waals surface area contributed by atoms with Crippen LogP contribution >= 0.6 is 23.4 Å².